The highest BCUT2D eigenvalue weighted by Gasteiger charge is 2.38. The van der Waals surface area contributed by atoms with Crippen LogP contribution in [-0.4, -0.2) is 5.91 Å². The van der Waals surface area contributed by atoms with Crippen LogP contribution in [0.4, 0.5) is 5.69 Å². The van der Waals surface area contributed by atoms with Gasteiger partial charge in [-0.3, -0.25) is 4.79 Å². The molecule has 1 saturated carbocycles. The lowest BCUT2D eigenvalue weighted by atomic mass is 10.2. The molecule has 0 unspecified atom stereocenters. The van der Waals surface area contributed by atoms with E-state index in [-0.39, 0.29) is 11.8 Å². The number of para-hydroxylation sites is 1. The van der Waals surface area contributed by atoms with Crippen LogP contribution in [0.5, 0.6) is 11.5 Å². The van der Waals surface area contributed by atoms with E-state index in [1.165, 1.54) is 0 Å². The zero-order valence-electron chi connectivity index (χ0n) is 11.4. The smallest absolute Gasteiger partial charge is 0.227 e. The molecule has 1 amide bonds. The summed E-state index contributed by atoms with van der Waals surface area (Å²) in [5.41, 5.74) is 0.814. The Morgan fingerprint density at radius 3 is 2.25 bits per heavy atom. The number of carbonyl (C=O) groups is 1. The molecule has 0 saturated heterocycles. The van der Waals surface area contributed by atoms with Crippen molar-refractivity contribution < 1.29 is 9.53 Å². The first-order chi connectivity index (χ1) is 9.72. The van der Waals surface area contributed by atoms with Gasteiger partial charge < -0.3 is 10.1 Å². The molecule has 0 spiro atoms. The van der Waals surface area contributed by atoms with Crippen molar-refractivity contribution in [3.05, 3.63) is 54.6 Å². The molecule has 0 aromatic heterocycles. The Hall–Kier alpha value is -2.29. The first-order valence-electron chi connectivity index (χ1n) is 6.86. The van der Waals surface area contributed by atoms with E-state index in [9.17, 15) is 4.79 Å². The Balaban J connectivity index is 1.61. The van der Waals surface area contributed by atoms with Gasteiger partial charge in [-0.1, -0.05) is 25.1 Å². The maximum atomic E-state index is 11.8. The van der Waals surface area contributed by atoms with Crippen LogP contribution in [0, 0.1) is 11.8 Å². The lowest BCUT2D eigenvalue weighted by molar-refractivity contribution is -0.117. The van der Waals surface area contributed by atoms with E-state index >= 15 is 0 Å². The lowest BCUT2D eigenvalue weighted by Crippen LogP contribution is -2.14. The van der Waals surface area contributed by atoms with Gasteiger partial charge in [-0.05, 0) is 48.7 Å². The average molecular weight is 267 g/mol. The number of hydrogen-bond donors (Lipinski definition) is 1. The molecule has 1 aliphatic carbocycles. The highest BCUT2D eigenvalue weighted by atomic mass is 16.5. The molecule has 102 valence electrons. The number of hydrogen-bond acceptors (Lipinski definition) is 2. The monoisotopic (exact) mass is 267 g/mol. The summed E-state index contributed by atoms with van der Waals surface area (Å²) in [4.78, 5) is 11.8. The summed E-state index contributed by atoms with van der Waals surface area (Å²) in [6, 6.07) is 17.1. The zero-order valence-corrected chi connectivity index (χ0v) is 11.4. The number of carbonyl (C=O) groups excluding carboxylic acids is 1. The van der Waals surface area contributed by atoms with Gasteiger partial charge in [-0.25, -0.2) is 0 Å². The molecular weight excluding hydrogens is 250 g/mol. The Morgan fingerprint density at radius 1 is 1.05 bits per heavy atom. The predicted molar refractivity (Wildman–Crippen MR) is 78.9 cm³/mol. The van der Waals surface area contributed by atoms with E-state index in [4.69, 9.17) is 4.74 Å². The van der Waals surface area contributed by atoms with Crippen molar-refractivity contribution in [1.82, 2.24) is 0 Å². The van der Waals surface area contributed by atoms with Gasteiger partial charge in [0.1, 0.15) is 11.5 Å². The number of rotatable bonds is 4. The van der Waals surface area contributed by atoms with Crippen molar-refractivity contribution in [2.24, 2.45) is 11.8 Å². The largest absolute Gasteiger partial charge is 0.457 e. The Bertz CT molecular complexity index is 592. The van der Waals surface area contributed by atoms with E-state index in [1.807, 2.05) is 54.6 Å². The van der Waals surface area contributed by atoms with Crippen molar-refractivity contribution in [2.75, 3.05) is 5.32 Å². The van der Waals surface area contributed by atoms with Crippen molar-refractivity contribution in [2.45, 2.75) is 13.3 Å². The third-order valence-electron chi connectivity index (χ3n) is 3.55. The van der Waals surface area contributed by atoms with Gasteiger partial charge in [0.2, 0.25) is 5.91 Å². The second-order valence-electron chi connectivity index (χ2n) is 5.25. The quantitative estimate of drug-likeness (QED) is 0.906. The van der Waals surface area contributed by atoms with Crippen molar-refractivity contribution in [3.8, 4) is 11.5 Å². The van der Waals surface area contributed by atoms with E-state index in [0.717, 1.165) is 23.6 Å². The summed E-state index contributed by atoms with van der Waals surface area (Å²) < 4.78 is 5.70. The Morgan fingerprint density at radius 2 is 1.65 bits per heavy atom. The third kappa shape index (κ3) is 2.99. The minimum atomic E-state index is 0.120. The molecule has 20 heavy (non-hydrogen) atoms. The van der Waals surface area contributed by atoms with Crippen LogP contribution in [-0.2, 0) is 4.79 Å². The number of nitrogens with one attached hydrogen (secondary N) is 1. The molecule has 0 heterocycles. The molecule has 0 bridgehead atoms. The zero-order chi connectivity index (χ0) is 13.9. The van der Waals surface area contributed by atoms with Crippen LogP contribution in [0.15, 0.2) is 54.6 Å². The van der Waals surface area contributed by atoms with Crippen molar-refractivity contribution in [3.63, 3.8) is 0 Å². The Labute approximate surface area is 118 Å². The molecule has 2 aromatic rings. The van der Waals surface area contributed by atoms with Gasteiger partial charge in [-0.15, -0.1) is 0 Å². The molecular formula is C17H17NO2. The molecule has 0 aliphatic heterocycles. The summed E-state index contributed by atoms with van der Waals surface area (Å²) in [5.74, 6) is 2.39. The number of ether oxygens (including phenoxy) is 1. The lowest BCUT2D eigenvalue weighted by Gasteiger charge is -2.07. The van der Waals surface area contributed by atoms with Crippen molar-refractivity contribution >= 4 is 11.6 Å². The van der Waals surface area contributed by atoms with E-state index in [1.54, 1.807) is 0 Å². The molecule has 0 radical (unpaired) electrons. The predicted octanol–water partition coefficient (Wildman–Crippen LogP) is 4.07. The second kappa shape index (κ2) is 5.37. The van der Waals surface area contributed by atoms with Crippen LogP contribution < -0.4 is 10.1 Å². The molecule has 3 heteroatoms. The molecule has 1 fully saturated rings. The highest BCUT2D eigenvalue weighted by molar-refractivity contribution is 5.94. The van der Waals surface area contributed by atoms with Gasteiger partial charge in [0, 0.05) is 11.6 Å². The SMILES string of the molecule is C[C@@H]1C[C@H]1C(=O)Nc1ccc(Oc2ccccc2)cc1. The molecule has 1 N–H and O–H groups in total. The van der Waals surface area contributed by atoms with Crippen LogP contribution in [0.3, 0.4) is 0 Å². The molecule has 2 atom stereocenters. The molecule has 3 rings (SSSR count). The summed E-state index contributed by atoms with van der Waals surface area (Å²) in [7, 11) is 0. The fourth-order valence-electron chi connectivity index (χ4n) is 2.15. The fraction of sp³-hybridized carbons (Fsp3) is 0.235. The van der Waals surface area contributed by atoms with Crippen LogP contribution >= 0.6 is 0 Å². The molecule has 2 aromatic carbocycles. The van der Waals surface area contributed by atoms with Crippen LogP contribution in [0.25, 0.3) is 0 Å². The average Bonchev–Trinajstić information content (AvgIpc) is 3.19. The van der Waals surface area contributed by atoms with Crippen LogP contribution in [0.1, 0.15) is 13.3 Å². The highest BCUT2D eigenvalue weighted by Crippen LogP contribution is 2.38. The maximum absolute atomic E-state index is 11.8. The standard InChI is InChI=1S/C17H17NO2/c1-12-11-16(12)17(19)18-13-7-9-15(10-8-13)20-14-5-3-2-4-6-14/h2-10,12,16H,11H2,1H3,(H,18,19)/t12-,16-/m1/s1. The van der Waals surface area contributed by atoms with Gasteiger partial charge in [0.25, 0.3) is 0 Å². The van der Waals surface area contributed by atoms with Gasteiger partial charge in [-0.2, -0.15) is 0 Å². The van der Waals surface area contributed by atoms with E-state index in [0.29, 0.717) is 5.92 Å². The number of benzene rings is 2. The summed E-state index contributed by atoms with van der Waals surface area (Å²) >= 11 is 0. The second-order valence-corrected chi connectivity index (χ2v) is 5.25. The first-order valence-corrected chi connectivity index (χ1v) is 6.86. The van der Waals surface area contributed by atoms with Crippen LogP contribution in [0.2, 0.25) is 0 Å². The normalized spacial score (nSPS) is 20.2. The first kappa shape index (κ1) is 12.7. The molecule has 1 aliphatic rings. The summed E-state index contributed by atoms with van der Waals surface area (Å²) in [5, 5.41) is 2.93. The topological polar surface area (TPSA) is 38.3 Å². The molecule has 3 nitrogen and oxygen atoms in total. The maximum Gasteiger partial charge on any atom is 0.227 e. The summed E-state index contributed by atoms with van der Waals surface area (Å²) in [6.07, 6.45) is 1.00. The van der Waals surface area contributed by atoms with Gasteiger partial charge in [0.05, 0.1) is 0 Å². The number of amides is 1. The van der Waals surface area contributed by atoms with Crippen molar-refractivity contribution in [1.29, 1.82) is 0 Å². The van der Waals surface area contributed by atoms with Gasteiger partial charge >= 0.3 is 0 Å². The van der Waals surface area contributed by atoms with E-state index in [2.05, 4.69) is 12.2 Å². The minimum Gasteiger partial charge on any atom is -0.457 e. The minimum absolute atomic E-state index is 0.120. The van der Waals surface area contributed by atoms with E-state index < -0.39 is 0 Å². The third-order valence-corrected chi connectivity index (χ3v) is 3.55. The summed E-state index contributed by atoms with van der Waals surface area (Å²) in [6.45, 7) is 2.10. The Kier molecular flexibility index (Phi) is 3.42. The fourth-order valence-corrected chi connectivity index (χ4v) is 2.15. The van der Waals surface area contributed by atoms with Gasteiger partial charge in [0.15, 0.2) is 0 Å². The number of anilines is 1.